The molecule has 1 aromatic rings. The van der Waals surface area contributed by atoms with Crippen LogP contribution in [-0.2, 0) is 21.8 Å². The first-order valence-corrected chi connectivity index (χ1v) is 10.5. The number of anilines is 1. The van der Waals surface area contributed by atoms with Crippen molar-refractivity contribution in [1.82, 2.24) is 0 Å². The van der Waals surface area contributed by atoms with E-state index in [0.717, 1.165) is 16.7 Å². The summed E-state index contributed by atoms with van der Waals surface area (Å²) in [7, 11) is -4.27. The molecule has 1 atom stereocenters. The maximum atomic E-state index is 11.8. The molecule has 0 fully saturated rings. The van der Waals surface area contributed by atoms with Crippen molar-refractivity contribution < 1.29 is 19.5 Å². The van der Waals surface area contributed by atoms with Crippen molar-refractivity contribution in [2.75, 3.05) is 5.32 Å². The summed E-state index contributed by atoms with van der Waals surface area (Å²) in [6.07, 6.45) is 0.967. The minimum atomic E-state index is -4.27. The topological polar surface area (TPSA) is 89.8 Å². The molecule has 4 N–H and O–H groups in total. The van der Waals surface area contributed by atoms with Crippen LogP contribution in [0.5, 0.6) is 5.75 Å². The average molecular weight is 371 g/mol. The predicted molar refractivity (Wildman–Crippen MR) is 105 cm³/mol. The highest BCUT2D eigenvalue weighted by Gasteiger charge is 2.32. The molecule has 0 aromatic heterocycles. The van der Waals surface area contributed by atoms with Crippen LogP contribution in [0.15, 0.2) is 6.07 Å². The number of hydrogen-bond acceptors (Lipinski definition) is 3. The largest absolute Gasteiger partial charge is 0.507 e. The van der Waals surface area contributed by atoms with E-state index in [1.54, 1.807) is 6.92 Å². The van der Waals surface area contributed by atoms with Crippen LogP contribution < -0.4 is 5.32 Å². The Balaban J connectivity index is 3.75. The molecular weight excluding hydrogens is 337 g/mol. The lowest BCUT2D eigenvalue weighted by Gasteiger charge is -2.32. The molecule has 1 rings (SSSR count). The van der Waals surface area contributed by atoms with Gasteiger partial charge in [-0.2, -0.15) is 0 Å². The SMILES string of the molecule is CCc1c(NC(CC)P(=O)(O)O)cc(C(C)(C)C)c(O)c1C(C)(C)C. The van der Waals surface area contributed by atoms with Gasteiger partial charge in [0, 0.05) is 16.8 Å². The van der Waals surface area contributed by atoms with Crippen LogP contribution >= 0.6 is 7.60 Å². The minimum Gasteiger partial charge on any atom is -0.507 e. The Labute approximate surface area is 152 Å². The van der Waals surface area contributed by atoms with Gasteiger partial charge in [0.1, 0.15) is 11.5 Å². The zero-order chi connectivity index (χ0) is 19.8. The quantitative estimate of drug-likeness (QED) is 0.438. The molecule has 6 heteroatoms. The van der Waals surface area contributed by atoms with Gasteiger partial charge in [0.15, 0.2) is 0 Å². The minimum absolute atomic E-state index is 0.284. The van der Waals surface area contributed by atoms with Crippen molar-refractivity contribution >= 4 is 13.3 Å². The summed E-state index contributed by atoms with van der Waals surface area (Å²) in [5.41, 5.74) is 2.63. The lowest BCUT2D eigenvalue weighted by molar-refractivity contribution is 0.360. The number of aromatic hydroxyl groups is 1. The molecule has 0 aliphatic heterocycles. The van der Waals surface area contributed by atoms with Crippen LogP contribution in [0, 0.1) is 0 Å². The summed E-state index contributed by atoms with van der Waals surface area (Å²) in [5.74, 6) is -0.658. The highest BCUT2D eigenvalue weighted by Crippen LogP contribution is 2.47. The Morgan fingerprint density at radius 3 is 1.92 bits per heavy atom. The lowest BCUT2D eigenvalue weighted by atomic mass is 9.76. The number of hydrogen-bond donors (Lipinski definition) is 4. The van der Waals surface area contributed by atoms with Gasteiger partial charge in [0.05, 0.1) is 0 Å². The van der Waals surface area contributed by atoms with E-state index in [-0.39, 0.29) is 16.6 Å². The van der Waals surface area contributed by atoms with Crippen LogP contribution in [0.3, 0.4) is 0 Å². The van der Waals surface area contributed by atoms with Crippen molar-refractivity contribution in [3.05, 3.63) is 22.8 Å². The predicted octanol–water partition coefficient (Wildman–Crippen LogP) is 4.88. The fourth-order valence-electron chi connectivity index (χ4n) is 3.19. The molecule has 0 spiro atoms. The summed E-state index contributed by atoms with van der Waals surface area (Å²) in [4.78, 5) is 19.2. The van der Waals surface area contributed by atoms with E-state index in [1.807, 2.05) is 54.5 Å². The average Bonchev–Trinajstić information content (AvgIpc) is 2.40. The van der Waals surface area contributed by atoms with E-state index in [1.165, 1.54) is 0 Å². The Kier molecular flexibility index (Phi) is 6.43. The maximum Gasteiger partial charge on any atom is 0.347 e. The highest BCUT2D eigenvalue weighted by molar-refractivity contribution is 7.52. The first-order chi connectivity index (χ1) is 11.1. The second-order valence-electron chi connectivity index (χ2n) is 8.68. The molecule has 0 aliphatic rings. The number of rotatable bonds is 5. The highest BCUT2D eigenvalue weighted by atomic mass is 31.2. The summed E-state index contributed by atoms with van der Waals surface area (Å²) in [6, 6.07) is 1.85. The van der Waals surface area contributed by atoms with Gasteiger partial charge in [-0.1, -0.05) is 55.4 Å². The Hall–Kier alpha value is -1.03. The molecule has 1 unspecified atom stereocenters. The molecule has 1 aromatic carbocycles. The normalized spacial score (nSPS) is 14.5. The zero-order valence-electron chi connectivity index (χ0n) is 16.8. The lowest BCUT2D eigenvalue weighted by Crippen LogP contribution is -2.24. The van der Waals surface area contributed by atoms with Gasteiger partial charge in [-0.3, -0.25) is 4.57 Å². The van der Waals surface area contributed by atoms with Crippen molar-refractivity contribution in [2.24, 2.45) is 0 Å². The Bertz CT molecular complexity index is 665. The van der Waals surface area contributed by atoms with E-state index in [0.29, 0.717) is 18.5 Å². The van der Waals surface area contributed by atoms with Gasteiger partial charge in [-0.05, 0) is 35.3 Å². The van der Waals surface area contributed by atoms with Gasteiger partial charge in [0.25, 0.3) is 0 Å². The number of phenols is 1. The van der Waals surface area contributed by atoms with E-state index < -0.39 is 13.4 Å². The molecule has 5 nitrogen and oxygen atoms in total. The molecule has 0 bridgehead atoms. The van der Waals surface area contributed by atoms with Crippen LogP contribution in [0.4, 0.5) is 5.69 Å². The van der Waals surface area contributed by atoms with Crippen molar-refractivity contribution in [2.45, 2.75) is 84.8 Å². The first kappa shape index (κ1) is 22.0. The summed E-state index contributed by atoms with van der Waals surface area (Å²) in [6.45, 7) is 15.9. The third-order valence-corrected chi connectivity index (χ3v) is 5.74. The second kappa shape index (κ2) is 7.30. The van der Waals surface area contributed by atoms with E-state index >= 15 is 0 Å². The Morgan fingerprint density at radius 2 is 1.60 bits per heavy atom. The summed E-state index contributed by atoms with van der Waals surface area (Å²) < 4.78 is 11.8. The number of phenolic OH excluding ortho intramolecular Hbond substituents is 1. The second-order valence-corrected chi connectivity index (χ2v) is 10.5. The first-order valence-electron chi connectivity index (χ1n) is 8.86. The fourth-order valence-corrected chi connectivity index (χ4v) is 3.97. The van der Waals surface area contributed by atoms with Crippen molar-refractivity contribution in [3.63, 3.8) is 0 Å². The smallest absolute Gasteiger partial charge is 0.347 e. The molecule has 0 amide bonds. The Morgan fingerprint density at radius 1 is 1.08 bits per heavy atom. The molecule has 144 valence electrons. The van der Waals surface area contributed by atoms with Gasteiger partial charge in [-0.25, -0.2) is 0 Å². The molecule has 0 aliphatic carbocycles. The van der Waals surface area contributed by atoms with Gasteiger partial charge in [-0.15, -0.1) is 0 Å². The van der Waals surface area contributed by atoms with Crippen LogP contribution in [0.1, 0.15) is 78.5 Å². The standard InChI is InChI=1S/C19H34NO4P/c1-9-12-14(20-15(10-2)25(22,23)24)11-13(18(3,4)5)17(21)16(12)19(6,7)8/h11,15,20-21H,9-10H2,1-8H3,(H2,22,23,24). The molecule has 25 heavy (non-hydrogen) atoms. The van der Waals surface area contributed by atoms with Crippen molar-refractivity contribution in [1.29, 1.82) is 0 Å². The molecule has 0 radical (unpaired) electrons. The third kappa shape index (κ3) is 4.99. The summed E-state index contributed by atoms with van der Waals surface area (Å²) in [5, 5.41) is 14.0. The van der Waals surface area contributed by atoms with Gasteiger partial charge >= 0.3 is 7.60 Å². The van der Waals surface area contributed by atoms with E-state index in [4.69, 9.17) is 0 Å². The molecule has 0 heterocycles. The van der Waals surface area contributed by atoms with Gasteiger partial charge < -0.3 is 20.2 Å². The fraction of sp³-hybridized carbons (Fsp3) is 0.684. The summed E-state index contributed by atoms with van der Waals surface area (Å²) >= 11 is 0. The number of benzene rings is 1. The van der Waals surface area contributed by atoms with Crippen LogP contribution in [0.25, 0.3) is 0 Å². The van der Waals surface area contributed by atoms with E-state index in [9.17, 15) is 19.5 Å². The van der Waals surface area contributed by atoms with Crippen molar-refractivity contribution in [3.8, 4) is 5.75 Å². The molecular formula is C19H34NO4P. The number of nitrogens with one attached hydrogen (secondary N) is 1. The maximum absolute atomic E-state index is 11.8. The van der Waals surface area contributed by atoms with Crippen LogP contribution in [-0.4, -0.2) is 20.7 Å². The third-order valence-electron chi connectivity index (χ3n) is 4.43. The van der Waals surface area contributed by atoms with Crippen LogP contribution in [0.2, 0.25) is 0 Å². The van der Waals surface area contributed by atoms with Gasteiger partial charge in [0.2, 0.25) is 0 Å². The monoisotopic (exact) mass is 371 g/mol. The van der Waals surface area contributed by atoms with E-state index in [2.05, 4.69) is 5.32 Å². The molecule has 0 saturated carbocycles. The molecule has 0 saturated heterocycles. The zero-order valence-corrected chi connectivity index (χ0v) is 17.7.